The van der Waals surface area contributed by atoms with Gasteiger partial charge in [-0.15, -0.1) is 0 Å². The first kappa shape index (κ1) is 16.8. The Morgan fingerprint density at radius 2 is 1.96 bits per heavy atom. The van der Waals surface area contributed by atoms with Crippen molar-refractivity contribution in [1.82, 2.24) is 19.7 Å². The SMILES string of the molecule is CN(Cc1c(F)cccc1Cl)Cn1[nH]c(-c2ccccc2)nc1=S. The van der Waals surface area contributed by atoms with Gasteiger partial charge >= 0.3 is 0 Å². The highest BCUT2D eigenvalue weighted by molar-refractivity contribution is 7.71. The maximum atomic E-state index is 13.9. The summed E-state index contributed by atoms with van der Waals surface area (Å²) in [6.07, 6.45) is 0. The second-order valence-electron chi connectivity index (χ2n) is 5.50. The van der Waals surface area contributed by atoms with Gasteiger partial charge in [0.2, 0.25) is 4.77 Å². The molecule has 1 aromatic heterocycles. The van der Waals surface area contributed by atoms with Crippen LogP contribution >= 0.6 is 23.8 Å². The Morgan fingerprint density at radius 1 is 1.21 bits per heavy atom. The molecule has 124 valence electrons. The van der Waals surface area contributed by atoms with Crippen LogP contribution in [0, 0.1) is 10.6 Å². The minimum absolute atomic E-state index is 0.312. The number of aromatic amines is 1. The number of benzene rings is 2. The van der Waals surface area contributed by atoms with Crippen molar-refractivity contribution in [2.45, 2.75) is 13.2 Å². The maximum absolute atomic E-state index is 13.9. The summed E-state index contributed by atoms with van der Waals surface area (Å²) in [7, 11) is 1.87. The van der Waals surface area contributed by atoms with E-state index in [0.717, 1.165) is 5.56 Å². The standard InChI is InChI=1S/C17H16ClFN4S/c1-22(10-13-14(18)8-5-9-15(13)19)11-23-17(24)20-16(21-23)12-6-3-2-4-7-12/h2-9H,10-11H2,1H3,(H,20,21,24). The predicted octanol–water partition coefficient (Wildman–Crippen LogP) is 4.49. The van der Waals surface area contributed by atoms with Gasteiger partial charge in [0.1, 0.15) is 5.82 Å². The van der Waals surface area contributed by atoms with Crippen LogP contribution in [0.5, 0.6) is 0 Å². The van der Waals surface area contributed by atoms with Crippen molar-refractivity contribution in [3.8, 4) is 11.4 Å². The Bertz CT molecular complexity index is 871. The van der Waals surface area contributed by atoms with Gasteiger partial charge in [0.15, 0.2) is 5.82 Å². The largest absolute Gasteiger partial charge is 0.283 e. The van der Waals surface area contributed by atoms with Crippen LogP contribution in [0.1, 0.15) is 5.56 Å². The van der Waals surface area contributed by atoms with Crippen LogP contribution in [0.4, 0.5) is 4.39 Å². The quantitative estimate of drug-likeness (QED) is 0.679. The van der Waals surface area contributed by atoms with Crippen LogP contribution in [-0.4, -0.2) is 26.7 Å². The van der Waals surface area contributed by atoms with E-state index in [1.807, 2.05) is 42.3 Å². The molecular weight excluding hydrogens is 347 g/mol. The van der Waals surface area contributed by atoms with E-state index in [9.17, 15) is 4.39 Å². The highest BCUT2D eigenvalue weighted by atomic mass is 35.5. The first-order valence-electron chi connectivity index (χ1n) is 7.38. The summed E-state index contributed by atoms with van der Waals surface area (Å²) < 4.78 is 16.1. The topological polar surface area (TPSA) is 36.9 Å². The summed E-state index contributed by atoms with van der Waals surface area (Å²) in [6, 6.07) is 14.4. The second-order valence-corrected chi connectivity index (χ2v) is 6.28. The monoisotopic (exact) mass is 362 g/mol. The van der Waals surface area contributed by atoms with E-state index in [-0.39, 0.29) is 5.82 Å². The average molecular weight is 363 g/mol. The molecule has 0 atom stereocenters. The molecule has 0 amide bonds. The van der Waals surface area contributed by atoms with E-state index in [1.165, 1.54) is 6.07 Å². The van der Waals surface area contributed by atoms with Crippen molar-refractivity contribution in [1.29, 1.82) is 0 Å². The van der Waals surface area contributed by atoms with Gasteiger partial charge in [-0.3, -0.25) is 10.00 Å². The Labute approximate surface area is 149 Å². The zero-order valence-electron chi connectivity index (χ0n) is 13.0. The fraction of sp³-hybridized carbons (Fsp3) is 0.176. The predicted molar refractivity (Wildman–Crippen MR) is 95.7 cm³/mol. The van der Waals surface area contributed by atoms with Gasteiger partial charge in [0.25, 0.3) is 0 Å². The van der Waals surface area contributed by atoms with E-state index < -0.39 is 0 Å². The van der Waals surface area contributed by atoms with Crippen molar-refractivity contribution < 1.29 is 4.39 Å². The lowest BCUT2D eigenvalue weighted by atomic mass is 10.2. The van der Waals surface area contributed by atoms with Crippen molar-refractivity contribution in [3.05, 3.63) is 69.7 Å². The van der Waals surface area contributed by atoms with Gasteiger partial charge in [-0.1, -0.05) is 48.0 Å². The van der Waals surface area contributed by atoms with Crippen molar-refractivity contribution in [2.75, 3.05) is 7.05 Å². The molecule has 4 nitrogen and oxygen atoms in total. The number of nitrogens with zero attached hydrogens (tertiary/aromatic N) is 3. The summed E-state index contributed by atoms with van der Waals surface area (Å²) in [5, 5.41) is 3.59. The number of H-pyrrole nitrogens is 1. The third-order valence-corrected chi connectivity index (χ3v) is 4.26. The van der Waals surface area contributed by atoms with E-state index in [1.54, 1.807) is 16.8 Å². The van der Waals surface area contributed by atoms with Gasteiger partial charge in [-0.2, -0.15) is 4.98 Å². The third-order valence-electron chi connectivity index (χ3n) is 3.60. The Balaban J connectivity index is 1.77. The first-order chi connectivity index (χ1) is 11.5. The van der Waals surface area contributed by atoms with Gasteiger partial charge in [-0.05, 0) is 31.4 Å². The molecule has 7 heteroatoms. The van der Waals surface area contributed by atoms with Crippen molar-refractivity contribution in [3.63, 3.8) is 0 Å². The van der Waals surface area contributed by atoms with E-state index in [2.05, 4.69) is 10.1 Å². The molecule has 0 unspecified atom stereocenters. The molecule has 1 N–H and O–H groups in total. The van der Waals surface area contributed by atoms with E-state index in [4.69, 9.17) is 23.8 Å². The van der Waals surface area contributed by atoms with Gasteiger partial charge in [0.05, 0.1) is 6.67 Å². The van der Waals surface area contributed by atoms with Gasteiger partial charge in [-0.25, -0.2) is 9.07 Å². The van der Waals surface area contributed by atoms with Crippen LogP contribution in [0.25, 0.3) is 11.4 Å². The lowest BCUT2D eigenvalue weighted by Crippen LogP contribution is -2.23. The summed E-state index contributed by atoms with van der Waals surface area (Å²) in [5.41, 5.74) is 1.43. The zero-order valence-corrected chi connectivity index (χ0v) is 14.6. The van der Waals surface area contributed by atoms with Gasteiger partial charge < -0.3 is 0 Å². The number of hydrogen-bond acceptors (Lipinski definition) is 3. The molecule has 0 bridgehead atoms. The Hall–Kier alpha value is -2.02. The molecule has 0 saturated heterocycles. The highest BCUT2D eigenvalue weighted by Crippen LogP contribution is 2.20. The number of hydrogen-bond donors (Lipinski definition) is 1. The Morgan fingerprint density at radius 3 is 2.67 bits per heavy atom. The van der Waals surface area contributed by atoms with Crippen LogP contribution in [-0.2, 0) is 13.2 Å². The van der Waals surface area contributed by atoms with Gasteiger partial charge in [0, 0.05) is 22.7 Å². The number of nitrogens with one attached hydrogen (secondary N) is 1. The number of aromatic nitrogens is 3. The minimum Gasteiger partial charge on any atom is -0.283 e. The van der Waals surface area contributed by atoms with Crippen LogP contribution < -0.4 is 0 Å². The summed E-state index contributed by atoms with van der Waals surface area (Å²) >= 11 is 11.4. The molecule has 1 heterocycles. The fourth-order valence-electron chi connectivity index (χ4n) is 2.42. The molecule has 2 aromatic carbocycles. The molecule has 0 radical (unpaired) electrons. The molecular formula is C17H16ClFN4S. The first-order valence-corrected chi connectivity index (χ1v) is 8.17. The molecule has 0 fully saturated rings. The minimum atomic E-state index is -0.312. The fourth-order valence-corrected chi connectivity index (χ4v) is 2.84. The number of rotatable bonds is 5. The Kier molecular flexibility index (Phi) is 5.08. The number of halogens is 2. The molecule has 0 aliphatic carbocycles. The second kappa shape index (κ2) is 7.25. The summed E-state index contributed by atoms with van der Waals surface area (Å²) in [6.45, 7) is 0.816. The average Bonchev–Trinajstić information content (AvgIpc) is 2.93. The van der Waals surface area contributed by atoms with E-state index >= 15 is 0 Å². The van der Waals surface area contributed by atoms with Crippen molar-refractivity contribution in [2.24, 2.45) is 0 Å². The van der Waals surface area contributed by atoms with E-state index in [0.29, 0.717) is 34.4 Å². The molecule has 3 rings (SSSR count). The molecule has 0 saturated carbocycles. The highest BCUT2D eigenvalue weighted by Gasteiger charge is 2.11. The summed E-state index contributed by atoms with van der Waals surface area (Å²) in [5.74, 6) is 0.394. The molecule has 24 heavy (non-hydrogen) atoms. The molecule has 0 aliphatic heterocycles. The molecule has 0 spiro atoms. The van der Waals surface area contributed by atoms with Crippen LogP contribution in [0.3, 0.4) is 0 Å². The molecule has 0 aliphatic rings. The zero-order chi connectivity index (χ0) is 17.1. The third kappa shape index (κ3) is 3.72. The maximum Gasteiger partial charge on any atom is 0.217 e. The lowest BCUT2D eigenvalue weighted by molar-refractivity contribution is 0.241. The normalized spacial score (nSPS) is 11.2. The summed E-state index contributed by atoms with van der Waals surface area (Å²) in [4.78, 5) is 6.28. The molecule has 3 aromatic rings. The van der Waals surface area contributed by atoms with Crippen LogP contribution in [0.15, 0.2) is 48.5 Å². The smallest absolute Gasteiger partial charge is 0.217 e. The van der Waals surface area contributed by atoms with Crippen LogP contribution in [0.2, 0.25) is 5.02 Å². The van der Waals surface area contributed by atoms with Crippen molar-refractivity contribution >= 4 is 23.8 Å². The lowest BCUT2D eigenvalue weighted by Gasteiger charge is -2.18.